The van der Waals surface area contributed by atoms with Gasteiger partial charge in [-0.15, -0.1) is 0 Å². The Kier molecular flexibility index (Phi) is 7.86. The number of nitrogens with one attached hydrogen (secondary N) is 1. The van der Waals surface area contributed by atoms with Gasteiger partial charge in [0.25, 0.3) is 0 Å². The van der Waals surface area contributed by atoms with Crippen molar-refractivity contribution in [2.45, 2.75) is 13.1 Å². The first-order valence-electron chi connectivity index (χ1n) is 6.88. The van der Waals surface area contributed by atoms with Gasteiger partial charge >= 0.3 is 11.9 Å². The van der Waals surface area contributed by atoms with E-state index in [2.05, 4.69) is 5.32 Å². The Hall–Kier alpha value is -3.00. The molecule has 2 rings (SSSR count). The van der Waals surface area contributed by atoms with E-state index < -0.39 is 11.9 Å². The summed E-state index contributed by atoms with van der Waals surface area (Å²) in [6.07, 6.45) is 1.67. The van der Waals surface area contributed by atoms with Crippen molar-refractivity contribution < 1.29 is 33.7 Å². The third-order valence-electron chi connectivity index (χ3n) is 2.86. The Labute approximate surface area is 138 Å². The molecule has 0 saturated heterocycles. The van der Waals surface area contributed by atoms with Crippen LogP contribution in [0.1, 0.15) is 11.3 Å². The third-order valence-corrected chi connectivity index (χ3v) is 2.86. The molecule has 8 nitrogen and oxygen atoms in total. The lowest BCUT2D eigenvalue weighted by Crippen LogP contribution is -2.13. The lowest BCUT2D eigenvalue weighted by molar-refractivity contribution is -0.159. The summed E-state index contributed by atoms with van der Waals surface area (Å²) < 4.78 is 15.9. The van der Waals surface area contributed by atoms with E-state index >= 15 is 0 Å². The SMILES string of the molecule is COc1cccc(CNCc2ccco2)c1OC.O=C(O)C(=O)O. The number of furan rings is 1. The summed E-state index contributed by atoms with van der Waals surface area (Å²) in [5, 5.41) is 18.1. The molecule has 0 aliphatic rings. The smallest absolute Gasteiger partial charge is 0.414 e. The van der Waals surface area contributed by atoms with Crippen LogP contribution in [0.4, 0.5) is 0 Å². The molecule has 0 aliphatic carbocycles. The molecule has 1 heterocycles. The van der Waals surface area contributed by atoms with E-state index in [1.54, 1.807) is 20.5 Å². The summed E-state index contributed by atoms with van der Waals surface area (Å²) in [6.45, 7) is 1.38. The van der Waals surface area contributed by atoms with Gasteiger partial charge in [0, 0.05) is 12.1 Å². The maximum atomic E-state index is 9.10. The quantitative estimate of drug-likeness (QED) is 0.682. The molecule has 8 heteroatoms. The summed E-state index contributed by atoms with van der Waals surface area (Å²) in [5.74, 6) is -1.22. The highest BCUT2D eigenvalue weighted by molar-refractivity contribution is 6.27. The van der Waals surface area contributed by atoms with E-state index in [1.807, 2.05) is 30.3 Å². The van der Waals surface area contributed by atoms with Crippen molar-refractivity contribution in [3.8, 4) is 11.5 Å². The molecule has 0 unspecified atom stereocenters. The zero-order valence-electron chi connectivity index (χ0n) is 13.3. The summed E-state index contributed by atoms with van der Waals surface area (Å²) in [5.41, 5.74) is 1.06. The summed E-state index contributed by atoms with van der Waals surface area (Å²) in [6, 6.07) is 9.66. The number of rotatable bonds is 6. The Morgan fingerprint density at radius 1 is 1.04 bits per heavy atom. The minimum atomic E-state index is -1.82. The van der Waals surface area contributed by atoms with Crippen molar-refractivity contribution >= 4 is 11.9 Å². The van der Waals surface area contributed by atoms with E-state index in [0.29, 0.717) is 13.1 Å². The molecule has 0 saturated carbocycles. The fourth-order valence-electron chi connectivity index (χ4n) is 1.83. The van der Waals surface area contributed by atoms with E-state index in [0.717, 1.165) is 22.8 Å². The molecule has 1 aromatic carbocycles. The summed E-state index contributed by atoms with van der Waals surface area (Å²) >= 11 is 0. The lowest BCUT2D eigenvalue weighted by Gasteiger charge is -2.12. The molecule has 0 radical (unpaired) electrons. The van der Waals surface area contributed by atoms with Gasteiger partial charge in [0.2, 0.25) is 0 Å². The number of carbonyl (C=O) groups is 2. The Balaban J connectivity index is 0.000000413. The normalized spacial score (nSPS) is 9.58. The minimum Gasteiger partial charge on any atom is -0.493 e. The van der Waals surface area contributed by atoms with Crippen LogP contribution in [-0.4, -0.2) is 36.4 Å². The number of methoxy groups -OCH3 is 2. The summed E-state index contributed by atoms with van der Waals surface area (Å²) in [7, 11) is 3.28. The average molecular weight is 337 g/mol. The number of para-hydroxylation sites is 1. The highest BCUT2D eigenvalue weighted by Gasteiger charge is 2.08. The van der Waals surface area contributed by atoms with E-state index in [1.165, 1.54) is 0 Å². The maximum Gasteiger partial charge on any atom is 0.414 e. The maximum absolute atomic E-state index is 9.10. The van der Waals surface area contributed by atoms with Gasteiger partial charge in [-0.2, -0.15) is 0 Å². The Bertz CT molecular complexity index is 640. The highest BCUT2D eigenvalue weighted by atomic mass is 16.5. The Morgan fingerprint density at radius 3 is 2.25 bits per heavy atom. The number of ether oxygens (including phenoxy) is 2. The molecule has 1 aromatic heterocycles. The number of hydrogen-bond acceptors (Lipinski definition) is 6. The highest BCUT2D eigenvalue weighted by Crippen LogP contribution is 2.30. The molecule has 3 N–H and O–H groups in total. The third kappa shape index (κ3) is 6.01. The molecule has 2 aromatic rings. The monoisotopic (exact) mass is 337 g/mol. The number of benzene rings is 1. The first-order valence-corrected chi connectivity index (χ1v) is 6.88. The van der Waals surface area contributed by atoms with Crippen LogP contribution < -0.4 is 14.8 Å². The fraction of sp³-hybridized carbons (Fsp3) is 0.250. The zero-order chi connectivity index (χ0) is 17.9. The molecule has 0 spiro atoms. The zero-order valence-corrected chi connectivity index (χ0v) is 13.3. The number of carboxylic acid groups (broad SMARTS) is 2. The van der Waals surface area contributed by atoms with Gasteiger partial charge in [0.15, 0.2) is 11.5 Å². The van der Waals surface area contributed by atoms with Crippen molar-refractivity contribution in [1.29, 1.82) is 0 Å². The molecule has 0 atom stereocenters. The molecule has 130 valence electrons. The van der Waals surface area contributed by atoms with Crippen molar-refractivity contribution in [3.63, 3.8) is 0 Å². The van der Waals surface area contributed by atoms with Crippen LogP contribution in [0.5, 0.6) is 11.5 Å². The number of aliphatic carboxylic acids is 2. The Morgan fingerprint density at radius 2 is 1.75 bits per heavy atom. The van der Waals surface area contributed by atoms with Crippen LogP contribution in [0, 0.1) is 0 Å². The second-order valence-electron chi connectivity index (χ2n) is 4.45. The molecule has 0 amide bonds. The first-order chi connectivity index (χ1) is 11.5. The van der Waals surface area contributed by atoms with Crippen molar-refractivity contribution in [3.05, 3.63) is 47.9 Å². The fourth-order valence-corrected chi connectivity index (χ4v) is 1.83. The van der Waals surface area contributed by atoms with Crippen LogP contribution in [0.25, 0.3) is 0 Å². The van der Waals surface area contributed by atoms with Gasteiger partial charge in [-0.3, -0.25) is 0 Å². The first kappa shape index (κ1) is 19.0. The van der Waals surface area contributed by atoms with Crippen molar-refractivity contribution in [1.82, 2.24) is 5.32 Å². The minimum absolute atomic E-state index is 0.688. The molecular formula is C16H19NO7. The van der Waals surface area contributed by atoms with Gasteiger partial charge < -0.3 is 29.4 Å². The van der Waals surface area contributed by atoms with Crippen LogP contribution in [0.3, 0.4) is 0 Å². The van der Waals surface area contributed by atoms with Crippen molar-refractivity contribution in [2.75, 3.05) is 14.2 Å². The van der Waals surface area contributed by atoms with Gasteiger partial charge in [-0.1, -0.05) is 12.1 Å². The van der Waals surface area contributed by atoms with Crippen molar-refractivity contribution in [2.24, 2.45) is 0 Å². The largest absolute Gasteiger partial charge is 0.493 e. The number of hydrogen-bond donors (Lipinski definition) is 3. The van der Waals surface area contributed by atoms with Gasteiger partial charge in [-0.05, 0) is 18.2 Å². The molecule has 0 aliphatic heterocycles. The lowest BCUT2D eigenvalue weighted by atomic mass is 10.2. The average Bonchev–Trinajstić information content (AvgIpc) is 3.08. The van der Waals surface area contributed by atoms with Gasteiger partial charge in [0.1, 0.15) is 5.76 Å². The molecule has 0 bridgehead atoms. The second kappa shape index (κ2) is 9.90. The van der Waals surface area contributed by atoms with Crippen LogP contribution >= 0.6 is 0 Å². The van der Waals surface area contributed by atoms with Crippen LogP contribution in [0.15, 0.2) is 41.0 Å². The van der Waals surface area contributed by atoms with Crippen LogP contribution in [-0.2, 0) is 22.7 Å². The molecular weight excluding hydrogens is 318 g/mol. The van der Waals surface area contributed by atoms with E-state index in [-0.39, 0.29) is 0 Å². The standard InChI is InChI=1S/C14H17NO3.C2H2O4/c1-16-13-7-3-5-11(14(13)17-2)9-15-10-12-6-4-8-18-12;3-1(4)2(5)6/h3-8,15H,9-10H2,1-2H3;(H,3,4)(H,5,6). The van der Waals surface area contributed by atoms with E-state index in [4.69, 9.17) is 33.7 Å². The number of carboxylic acids is 2. The predicted octanol–water partition coefficient (Wildman–Crippen LogP) is 1.74. The van der Waals surface area contributed by atoms with Gasteiger partial charge in [-0.25, -0.2) is 9.59 Å². The molecule has 24 heavy (non-hydrogen) atoms. The molecule has 0 fully saturated rings. The van der Waals surface area contributed by atoms with Gasteiger partial charge in [0.05, 0.1) is 27.0 Å². The topological polar surface area (TPSA) is 118 Å². The van der Waals surface area contributed by atoms with E-state index in [9.17, 15) is 0 Å². The second-order valence-corrected chi connectivity index (χ2v) is 4.45. The predicted molar refractivity (Wildman–Crippen MR) is 84.1 cm³/mol. The van der Waals surface area contributed by atoms with Crippen LogP contribution in [0.2, 0.25) is 0 Å². The summed E-state index contributed by atoms with van der Waals surface area (Å²) in [4.78, 5) is 18.2.